The van der Waals surface area contributed by atoms with Gasteiger partial charge in [0.15, 0.2) is 6.17 Å². The molecule has 0 rings (SSSR count). The normalized spacial score (nSPS) is 17.2. The Balaban J connectivity index is 4.37. The minimum Gasteiger partial charge on any atom is -0.238 e. The van der Waals surface area contributed by atoms with Crippen LogP contribution in [0.25, 0.3) is 0 Å². The molecule has 0 aromatic rings. The molecule has 0 aromatic heterocycles. The van der Waals surface area contributed by atoms with E-state index in [2.05, 4.69) is 6.58 Å². The van der Waals surface area contributed by atoms with Gasteiger partial charge in [-0.05, 0) is 0 Å². The van der Waals surface area contributed by atoms with E-state index in [0.29, 0.717) is 6.08 Å². The number of rotatable bonds is 5. The fraction of sp³-hybridized carbons (Fsp3) is 0.714. The molecule has 0 radical (unpaired) electrons. The van der Waals surface area contributed by atoms with Gasteiger partial charge in [0.1, 0.15) is 0 Å². The largest absolute Gasteiger partial charge is 0.285 e. The molecule has 0 N–H and O–H groups in total. The Labute approximate surface area is 71.2 Å². The van der Waals surface area contributed by atoms with Crippen LogP contribution < -0.4 is 0 Å². The quantitative estimate of drug-likeness (QED) is 0.478. The molecule has 0 amide bonds. The van der Waals surface area contributed by atoms with Crippen molar-refractivity contribution in [3.05, 3.63) is 12.7 Å². The third-order valence-electron chi connectivity index (χ3n) is 1.34. The zero-order chi connectivity index (χ0) is 10.6. The summed E-state index contributed by atoms with van der Waals surface area (Å²) < 4.78 is 72.2. The fourth-order valence-corrected chi connectivity index (χ4v) is 0.666. The Hall–Kier alpha value is -0.680. The van der Waals surface area contributed by atoms with E-state index in [-0.39, 0.29) is 0 Å². The lowest BCUT2D eigenvalue weighted by molar-refractivity contribution is -0.124. The third kappa shape index (κ3) is 3.28. The molecule has 0 aliphatic rings. The summed E-state index contributed by atoms with van der Waals surface area (Å²) in [7, 11) is 0. The second kappa shape index (κ2) is 4.53. The molecule has 13 heavy (non-hydrogen) atoms. The van der Waals surface area contributed by atoms with E-state index in [1.807, 2.05) is 0 Å². The molecular weight excluding hydrogens is 198 g/mol. The molecule has 0 aliphatic heterocycles. The zero-order valence-corrected chi connectivity index (χ0v) is 6.49. The number of allylic oxidation sites excluding steroid dienone is 1. The monoisotopic (exact) mass is 206 g/mol. The molecule has 0 spiro atoms. The molecule has 78 valence electrons. The molecule has 2 unspecified atom stereocenters. The average Bonchev–Trinajstić information content (AvgIpc) is 2.01. The number of hydrogen-bond donors (Lipinski definition) is 0. The van der Waals surface area contributed by atoms with Crippen molar-refractivity contribution in [1.29, 1.82) is 0 Å². The molecule has 0 aliphatic carbocycles. The van der Waals surface area contributed by atoms with Crippen molar-refractivity contribution in [3.8, 4) is 0 Å². The van der Waals surface area contributed by atoms with Crippen LogP contribution in [-0.2, 0) is 0 Å². The van der Waals surface area contributed by atoms with E-state index < -0.39 is 31.1 Å². The van der Waals surface area contributed by atoms with Gasteiger partial charge in [-0.1, -0.05) is 6.08 Å². The van der Waals surface area contributed by atoms with Crippen LogP contribution in [0, 0.1) is 0 Å². The van der Waals surface area contributed by atoms with Crippen molar-refractivity contribution < 1.29 is 26.3 Å². The predicted octanol–water partition coefficient (Wildman–Crippen LogP) is 3.14. The fourth-order valence-electron chi connectivity index (χ4n) is 0.666. The summed E-state index contributed by atoms with van der Waals surface area (Å²) >= 11 is 0. The summed E-state index contributed by atoms with van der Waals surface area (Å²) in [6.07, 6.45) is -11.2. The Kier molecular flexibility index (Phi) is 4.29. The van der Waals surface area contributed by atoms with Crippen molar-refractivity contribution in [2.45, 2.75) is 31.1 Å². The second-order valence-electron chi connectivity index (χ2n) is 2.43. The average molecular weight is 206 g/mol. The van der Waals surface area contributed by atoms with Gasteiger partial charge in [-0.3, -0.25) is 0 Å². The summed E-state index contributed by atoms with van der Waals surface area (Å²) in [5.41, 5.74) is 0. The Morgan fingerprint density at radius 2 is 1.62 bits per heavy atom. The van der Waals surface area contributed by atoms with Crippen LogP contribution in [0.5, 0.6) is 0 Å². The summed E-state index contributed by atoms with van der Waals surface area (Å²) in [5, 5.41) is 0. The highest BCUT2D eigenvalue weighted by molar-refractivity contribution is 4.89. The first-order valence-corrected chi connectivity index (χ1v) is 3.38. The maximum absolute atomic E-state index is 12.4. The minimum atomic E-state index is -4.13. The van der Waals surface area contributed by atoms with Gasteiger partial charge in [-0.2, -0.15) is 0 Å². The smallest absolute Gasteiger partial charge is 0.238 e. The first kappa shape index (κ1) is 12.3. The van der Waals surface area contributed by atoms with Gasteiger partial charge in [0.05, 0.1) is 0 Å². The Morgan fingerprint density at radius 1 is 1.15 bits per heavy atom. The van der Waals surface area contributed by atoms with E-state index in [1.165, 1.54) is 0 Å². The second-order valence-corrected chi connectivity index (χ2v) is 2.43. The summed E-state index contributed by atoms with van der Waals surface area (Å²) in [5.74, 6) is -4.13. The van der Waals surface area contributed by atoms with Crippen molar-refractivity contribution in [1.82, 2.24) is 0 Å². The number of hydrogen-bond acceptors (Lipinski definition) is 0. The van der Waals surface area contributed by atoms with Crippen LogP contribution in [0.1, 0.15) is 6.42 Å². The van der Waals surface area contributed by atoms with Crippen LogP contribution in [-0.4, -0.2) is 24.7 Å². The molecule has 0 nitrogen and oxygen atoms in total. The topological polar surface area (TPSA) is 0 Å². The van der Waals surface area contributed by atoms with Crippen LogP contribution in [0.2, 0.25) is 0 Å². The van der Waals surface area contributed by atoms with Crippen LogP contribution in [0.4, 0.5) is 26.3 Å². The Bertz CT molecular complexity index is 166. The van der Waals surface area contributed by atoms with Crippen LogP contribution in [0.3, 0.4) is 0 Å². The van der Waals surface area contributed by atoms with Crippen molar-refractivity contribution >= 4 is 0 Å². The standard InChI is InChI=1S/C7H8F6/c1-2-3-7(12,13)5(9)4(8)6(10)11/h2,4-6H,1,3H2. The lowest BCUT2D eigenvalue weighted by atomic mass is 10.1. The summed E-state index contributed by atoms with van der Waals surface area (Å²) in [6, 6.07) is 0. The van der Waals surface area contributed by atoms with Crippen LogP contribution in [0.15, 0.2) is 12.7 Å². The predicted molar refractivity (Wildman–Crippen MR) is 35.6 cm³/mol. The van der Waals surface area contributed by atoms with Gasteiger partial charge in [-0.15, -0.1) is 6.58 Å². The highest BCUT2D eigenvalue weighted by Crippen LogP contribution is 2.31. The summed E-state index contributed by atoms with van der Waals surface area (Å²) in [4.78, 5) is 0. The molecule has 0 heterocycles. The SMILES string of the molecule is C=CCC(F)(F)C(F)C(F)C(F)F. The molecule has 0 fully saturated rings. The maximum atomic E-state index is 12.4. The summed E-state index contributed by atoms with van der Waals surface area (Å²) in [6.45, 7) is 2.88. The van der Waals surface area contributed by atoms with Crippen LogP contribution >= 0.6 is 0 Å². The van der Waals surface area contributed by atoms with Gasteiger partial charge in [0.25, 0.3) is 12.3 Å². The van der Waals surface area contributed by atoms with Crippen molar-refractivity contribution in [2.24, 2.45) is 0 Å². The molecule has 0 saturated heterocycles. The van der Waals surface area contributed by atoms with Gasteiger partial charge in [0.2, 0.25) is 6.17 Å². The molecule has 2 atom stereocenters. The van der Waals surface area contributed by atoms with E-state index in [1.54, 1.807) is 0 Å². The van der Waals surface area contributed by atoms with Gasteiger partial charge in [0, 0.05) is 6.42 Å². The zero-order valence-electron chi connectivity index (χ0n) is 6.49. The highest BCUT2D eigenvalue weighted by Gasteiger charge is 2.47. The van der Waals surface area contributed by atoms with Gasteiger partial charge >= 0.3 is 0 Å². The van der Waals surface area contributed by atoms with E-state index >= 15 is 0 Å². The first-order chi connectivity index (χ1) is 5.83. The van der Waals surface area contributed by atoms with Crippen molar-refractivity contribution in [3.63, 3.8) is 0 Å². The molecule has 0 bridgehead atoms. The molecule has 0 aromatic carbocycles. The van der Waals surface area contributed by atoms with Gasteiger partial charge in [-0.25, -0.2) is 26.3 Å². The molecule has 0 saturated carbocycles. The molecule has 6 heteroatoms. The van der Waals surface area contributed by atoms with E-state index in [4.69, 9.17) is 0 Å². The van der Waals surface area contributed by atoms with E-state index in [9.17, 15) is 26.3 Å². The maximum Gasteiger partial charge on any atom is 0.285 e. The minimum absolute atomic E-state index is 0.644. The molecular formula is C7H8F6. The highest BCUT2D eigenvalue weighted by atomic mass is 19.3. The lowest BCUT2D eigenvalue weighted by Gasteiger charge is -2.21. The Morgan fingerprint density at radius 3 is 1.92 bits per heavy atom. The van der Waals surface area contributed by atoms with Gasteiger partial charge < -0.3 is 0 Å². The lowest BCUT2D eigenvalue weighted by Crippen LogP contribution is -2.40. The van der Waals surface area contributed by atoms with E-state index in [0.717, 1.165) is 0 Å². The number of halogens is 6. The van der Waals surface area contributed by atoms with Crippen molar-refractivity contribution in [2.75, 3.05) is 0 Å². The number of alkyl halides is 6. The third-order valence-corrected chi connectivity index (χ3v) is 1.34. The first-order valence-electron chi connectivity index (χ1n) is 3.38.